The van der Waals surface area contributed by atoms with Gasteiger partial charge in [0.05, 0.1) is 5.56 Å². The van der Waals surface area contributed by atoms with Gasteiger partial charge < -0.3 is 10.6 Å². The number of amides is 1. The zero-order chi connectivity index (χ0) is 13.3. The molecule has 1 aromatic carbocycles. The number of carbonyl (C=O) groups excluding carboxylic acids is 1. The second-order valence-electron chi connectivity index (χ2n) is 4.39. The Morgan fingerprint density at radius 1 is 1.33 bits per heavy atom. The van der Waals surface area contributed by atoms with Crippen molar-refractivity contribution in [3.8, 4) is 0 Å². The Kier molecular flexibility index (Phi) is 3.30. The number of benzene rings is 1. The van der Waals surface area contributed by atoms with Crippen molar-refractivity contribution in [3.63, 3.8) is 0 Å². The lowest BCUT2D eigenvalue weighted by Gasteiger charge is -2.19. The van der Waals surface area contributed by atoms with Crippen LogP contribution in [0.15, 0.2) is 24.3 Å². The zero-order valence-electron chi connectivity index (χ0n) is 9.57. The van der Waals surface area contributed by atoms with Crippen molar-refractivity contribution < 1.29 is 18.0 Å². The number of nitrogens with zero attached hydrogens (tertiary/aromatic N) is 1. The van der Waals surface area contributed by atoms with Crippen LogP contribution in [0.3, 0.4) is 0 Å². The highest BCUT2D eigenvalue weighted by Gasteiger charge is 2.34. The minimum absolute atomic E-state index is 0.0395. The van der Waals surface area contributed by atoms with Crippen LogP contribution in [0.1, 0.15) is 17.5 Å². The molecular formula is C12H13F3N2O. The Bertz CT molecular complexity index is 459. The largest absolute Gasteiger partial charge is 0.416 e. The van der Waals surface area contributed by atoms with Gasteiger partial charge in [-0.3, -0.25) is 4.79 Å². The van der Waals surface area contributed by atoms with Gasteiger partial charge in [0.15, 0.2) is 0 Å². The van der Waals surface area contributed by atoms with Gasteiger partial charge in [-0.25, -0.2) is 0 Å². The zero-order valence-corrected chi connectivity index (χ0v) is 9.57. The first-order valence-electron chi connectivity index (χ1n) is 5.56. The number of hydrogen-bond donors (Lipinski definition) is 1. The Balaban J connectivity index is 2.22. The molecule has 0 bridgehead atoms. The number of halogens is 3. The van der Waals surface area contributed by atoms with Crippen molar-refractivity contribution in [1.82, 2.24) is 4.90 Å². The van der Waals surface area contributed by atoms with Gasteiger partial charge in [0.25, 0.3) is 0 Å². The van der Waals surface area contributed by atoms with Crippen molar-refractivity contribution >= 4 is 5.91 Å². The molecule has 1 aromatic rings. The predicted molar refractivity (Wildman–Crippen MR) is 59.5 cm³/mol. The molecule has 0 spiro atoms. The molecular weight excluding hydrogens is 245 g/mol. The van der Waals surface area contributed by atoms with Gasteiger partial charge in [0.1, 0.15) is 0 Å². The molecule has 0 unspecified atom stereocenters. The van der Waals surface area contributed by atoms with E-state index in [9.17, 15) is 18.0 Å². The summed E-state index contributed by atoms with van der Waals surface area (Å²) >= 11 is 0. The molecule has 6 heteroatoms. The average Bonchev–Trinajstić information content (AvgIpc) is 2.57. The van der Waals surface area contributed by atoms with Crippen molar-refractivity contribution in [2.75, 3.05) is 6.54 Å². The smallest absolute Gasteiger partial charge is 0.337 e. The van der Waals surface area contributed by atoms with Crippen LogP contribution in [0.25, 0.3) is 0 Å². The molecule has 1 atom stereocenters. The minimum atomic E-state index is -4.40. The Hall–Kier alpha value is -1.56. The van der Waals surface area contributed by atoms with Crippen LogP contribution in [0.4, 0.5) is 13.2 Å². The molecule has 0 radical (unpaired) electrons. The molecule has 0 saturated carbocycles. The molecule has 98 valence electrons. The van der Waals surface area contributed by atoms with Crippen LogP contribution in [0, 0.1) is 0 Å². The number of carbonyl (C=O) groups is 1. The molecule has 2 rings (SSSR count). The third-order valence-corrected chi connectivity index (χ3v) is 2.93. The average molecular weight is 258 g/mol. The van der Waals surface area contributed by atoms with Gasteiger partial charge >= 0.3 is 6.18 Å². The Labute approximate surface area is 102 Å². The summed E-state index contributed by atoms with van der Waals surface area (Å²) in [5.74, 6) is -0.195. The van der Waals surface area contributed by atoms with E-state index in [2.05, 4.69) is 0 Å². The molecule has 2 N–H and O–H groups in total. The van der Waals surface area contributed by atoms with Crippen molar-refractivity contribution in [2.45, 2.75) is 25.2 Å². The van der Waals surface area contributed by atoms with Crippen LogP contribution < -0.4 is 5.73 Å². The SMILES string of the molecule is N[C@@H]1CC(=O)N(Cc2ccccc2C(F)(F)F)C1. The molecule has 1 amide bonds. The maximum absolute atomic E-state index is 12.8. The first-order valence-corrected chi connectivity index (χ1v) is 5.56. The first kappa shape index (κ1) is 12.9. The second kappa shape index (κ2) is 4.61. The molecule has 18 heavy (non-hydrogen) atoms. The summed E-state index contributed by atoms with van der Waals surface area (Å²) in [6.07, 6.45) is -4.20. The van der Waals surface area contributed by atoms with Gasteiger partial charge in [-0.2, -0.15) is 13.2 Å². The third kappa shape index (κ3) is 2.64. The van der Waals surface area contributed by atoms with Crippen molar-refractivity contribution in [3.05, 3.63) is 35.4 Å². The summed E-state index contributed by atoms with van der Waals surface area (Å²) in [4.78, 5) is 12.9. The van der Waals surface area contributed by atoms with Gasteiger partial charge in [-0.1, -0.05) is 18.2 Å². The summed E-state index contributed by atoms with van der Waals surface area (Å²) in [7, 11) is 0. The van der Waals surface area contributed by atoms with Gasteiger partial charge in [0.2, 0.25) is 5.91 Å². The standard InChI is InChI=1S/C12H13F3N2O/c13-12(14,15)10-4-2-1-3-8(10)6-17-7-9(16)5-11(17)18/h1-4,9H,5-7,16H2/t9-/m1/s1. The van der Waals surface area contributed by atoms with Crippen LogP contribution >= 0.6 is 0 Å². The fraction of sp³-hybridized carbons (Fsp3) is 0.417. The van der Waals surface area contributed by atoms with Gasteiger partial charge in [-0.15, -0.1) is 0 Å². The van der Waals surface area contributed by atoms with E-state index < -0.39 is 11.7 Å². The molecule has 1 aliphatic rings. The first-order chi connectivity index (χ1) is 8.38. The highest BCUT2D eigenvalue weighted by molar-refractivity contribution is 5.79. The molecule has 1 saturated heterocycles. The minimum Gasteiger partial charge on any atom is -0.337 e. The van der Waals surface area contributed by atoms with Crippen LogP contribution in [-0.4, -0.2) is 23.4 Å². The van der Waals surface area contributed by atoms with Crippen LogP contribution in [0.2, 0.25) is 0 Å². The van der Waals surface area contributed by atoms with Gasteiger partial charge in [0, 0.05) is 25.6 Å². The van der Waals surface area contributed by atoms with E-state index in [4.69, 9.17) is 5.73 Å². The topological polar surface area (TPSA) is 46.3 Å². The fourth-order valence-electron chi connectivity index (χ4n) is 2.10. The van der Waals surface area contributed by atoms with E-state index in [0.717, 1.165) is 6.07 Å². The lowest BCUT2D eigenvalue weighted by molar-refractivity contribution is -0.139. The number of hydrogen-bond acceptors (Lipinski definition) is 2. The summed E-state index contributed by atoms with van der Waals surface area (Å²) < 4.78 is 38.3. The number of rotatable bonds is 2. The third-order valence-electron chi connectivity index (χ3n) is 2.93. The molecule has 1 fully saturated rings. The van der Waals surface area contributed by atoms with E-state index >= 15 is 0 Å². The summed E-state index contributed by atoms with van der Waals surface area (Å²) in [6, 6.07) is 5.00. The molecule has 1 heterocycles. The Morgan fingerprint density at radius 2 is 2.00 bits per heavy atom. The fourth-order valence-corrected chi connectivity index (χ4v) is 2.10. The molecule has 0 aliphatic carbocycles. The molecule has 1 aliphatic heterocycles. The number of nitrogens with two attached hydrogens (primary N) is 1. The van der Waals surface area contributed by atoms with Crippen molar-refractivity contribution in [1.29, 1.82) is 0 Å². The molecule has 3 nitrogen and oxygen atoms in total. The highest BCUT2D eigenvalue weighted by Crippen LogP contribution is 2.32. The maximum atomic E-state index is 12.8. The van der Waals surface area contributed by atoms with E-state index in [0.29, 0.717) is 6.54 Å². The molecule has 0 aromatic heterocycles. The monoisotopic (exact) mass is 258 g/mol. The van der Waals surface area contributed by atoms with E-state index in [1.165, 1.54) is 23.1 Å². The van der Waals surface area contributed by atoms with E-state index in [1.807, 2.05) is 0 Å². The quantitative estimate of drug-likeness (QED) is 0.878. The predicted octanol–water partition coefficient (Wildman–Crippen LogP) is 1.76. The summed E-state index contributed by atoms with van der Waals surface area (Å²) in [6.45, 7) is 0.271. The maximum Gasteiger partial charge on any atom is 0.416 e. The van der Waals surface area contributed by atoms with E-state index in [1.54, 1.807) is 0 Å². The van der Waals surface area contributed by atoms with Crippen LogP contribution in [0.5, 0.6) is 0 Å². The highest BCUT2D eigenvalue weighted by atomic mass is 19.4. The second-order valence-corrected chi connectivity index (χ2v) is 4.39. The van der Waals surface area contributed by atoms with Crippen LogP contribution in [-0.2, 0) is 17.5 Å². The lowest BCUT2D eigenvalue weighted by Crippen LogP contribution is -2.28. The Morgan fingerprint density at radius 3 is 2.56 bits per heavy atom. The van der Waals surface area contributed by atoms with Gasteiger partial charge in [-0.05, 0) is 11.6 Å². The van der Waals surface area contributed by atoms with E-state index in [-0.39, 0.29) is 30.5 Å². The summed E-state index contributed by atoms with van der Waals surface area (Å²) in [5, 5.41) is 0. The number of alkyl halides is 3. The normalized spacial score (nSPS) is 20.6. The summed E-state index contributed by atoms with van der Waals surface area (Å²) in [5.41, 5.74) is 5.02. The number of likely N-dealkylation sites (tertiary alicyclic amines) is 1. The van der Waals surface area contributed by atoms with Crippen molar-refractivity contribution in [2.24, 2.45) is 5.73 Å². The lowest BCUT2D eigenvalue weighted by atomic mass is 10.1.